The summed E-state index contributed by atoms with van der Waals surface area (Å²) in [6.45, 7) is 0.631. The minimum absolute atomic E-state index is 0.0973. The molecule has 2 saturated carbocycles. The van der Waals surface area contributed by atoms with E-state index >= 15 is 0 Å². The SMILES string of the molecule is COC1CC(O)CCC1N(Cc1cc(C(F)(F)F)cc(C(F)(F)F)c1)C(=O)C1(CC2CC2)CCNC1. The first-order valence-corrected chi connectivity index (χ1v) is 12.3. The fourth-order valence-corrected chi connectivity index (χ4v) is 5.72. The molecule has 4 rings (SSSR count). The molecule has 5 nitrogen and oxygen atoms in total. The maximum absolute atomic E-state index is 14.2. The molecule has 0 radical (unpaired) electrons. The predicted molar refractivity (Wildman–Crippen MR) is 119 cm³/mol. The molecule has 2 aliphatic carbocycles. The van der Waals surface area contributed by atoms with E-state index in [1.54, 1.807) is 0 Å². The van der Waals surface area contributed by atoms with Gasteiger partial charge < -0.3 is 20.1 Å². The van der Waals surface area contributed by atoms with E-state index in [1.807, 2.05) is 0 Å². The van der Waals surface area contributed by atoms with Gasteiger partial charge in [0.1, 0.15) is 0 Å². The number of nitrogens with one attached hydrogen (secondary N) is 1. The number of benzene rings is 1. The molecule has 3 fully saturated rings. The number of alkyl halides is 6. The number of ether oxygens (including phenoxy) is 1. The van der Waals surface area contributed by atoms with Gasteiger partial charge in [0.2, 0.25) is 5.91 Å². The number of hydrogen-bond acceptors (Lipinski definition) is 4. The first kappa shape index (κ1) is 27.2. The van der Waals surface area contributed by atoms with E-state index in [4.69, 9.17) is 4.74 Å². The highest BCUT2D eigenvalue weighted by Gasteiger charge is 2.49. The number of nitrogens with zero attached hydrogens (tertiary/aromatic N) is 1. The summed E-state index contributed by atoms with van der Waals surface area (Å²) in [5.74, 6) is 0.126. The van der Waals surface area contributed by atoms with Crippen molar-refractivity contribution in [3.05, 3.63) is 34.9 Å². The molecule has 1 aromatic carbocycles. The Bertz CT molecular complexity index is 908. The van der Waals surface area contributed by atoms with Crippen LogP contribution >= 0.6 is 0 Å². The summed E-state index contributed by atoms with van der Waals surface area (Å²) in [5.41, 5.74) is -3.81. The zero-order valence-corrected chi connectivity index (χ0v) is 20.1. The van der Waals surface area contributed by atoms with Gasteiger partial charge in [0.25, 0.3) is 0 Å². The number of halogens is 6. The van der Waals surface area contributed by atoms with Crippen LogP contribution in [0, 0.1) is 11.3 Å². The Morgan fingerprint density at radius 1 is 1.08 bits per heavy atom. The van der Waals surface area contributed by atoms with Crippen LogP contribution in [0.2, 0.25) is 0 Å². The molecule has 11 heteroatoms. The largest absolute Gasteiger partial charge is 0.416 e. The summed E-state index contributed by atoms with van der Waals surface area (Å²) in [5, 5.41) is 13.4. The highest BCUT2D eigenvalue weighted by molar-refractivity contribution is 5.84. The Morgan fingerprint density at radius 2 is 1.72 bits per heavy atom. The smallest absolute Gasteiger partial charge is 0.393 e. The number of carbonyl (C=O) groups is 1. The lowest BCUT2D eigenvalue weighted by atomic mass is 9.78. The van der Waals surface area contributed by atoms with Gasteiger partial charge in [-0.25, -0.2) is 0 Å². The number of rotatable bonds is 7. The molecule has 1 aliphatic heterocycles. The first-order chi connectivity index (χ1) is 16.8. The van der Waals surface area contributed by atoms with Crippen LogP contribution in [0.4, 0.5) is 26.3 Å². The number of carbonyl (C=O) groups excluding carboxylic acids is 1. The third-order valence-electron chi connectivity index (χ3n) is 7.77. The predicted octanol–water partition coefficient (Wildman–Crippen LogP) is 4.76. The zero-order valence-electron chi connectivity index (χ0n) is 20.1. The van der Waals surface area contributed by atoms with Crippen molar-refractivity contribution in [1.82, 2.24) is 10.2 Å². The van der Waals surface area contributed by atoms with Gasteiger partial charge in [-0.3, -0.25) is 4.79 Å². The second-order valence-corrected chi connectivity index (χ2v) is 10.5. The fraction of sp³-hybridized carbons (Fsp3) is 0.720. The fourth-order valence-electron chi connectivity index (χ4n) is 5.72. The minimum atomic E-state index is -4.97. The Balaban J connectivity index is 1.74. The van der Waals surface area contributed by atoms with Gasteiger partial charge in [-0.1, -0.05) is 12.8 Å². The third-order valence-corrected chi connectivity index (χ3v) is 7.77. The molecule has 36 heavy (non-hydrogen) atoms. The average Bonchev–Trinajstić information content (AvgIpc) is 3.49. The molecular formula is C25H32F6N2O3. The van der Waals surface area contributed by atoms with E-state index in [2.05, 4.69) is 5.32 Å². The third kappa shape index (κ3) is 5.99. The summed E-state index contributed by atoms with van der Waals surface area (Å²) < 4.78 is 86.6. The molecule has 1 heterocycles. The topological polar surface area (TPSA) is 61.8 Å². The molecule has 1 amide bonds. The van der Waals surface area contributed by atoms with Crippen molar-refractivity contribution >= 4 is 5.91 Å². The second-order valence-electron chi connectivity index (χ2n) is 10.5. The normalized spacial score (nSPS) is 29.4. The molecule has 4 atom stereocenters. The lowest BCUT2D eigenvalue weighted by Crippen LogP contribution is -2.55. The zero-order chi connectivity index (χ0) is 26.3. The van der Waals surface area contributed by atoms with Crippen LogP contribution in [0.15, 0.2) is 18.2 Å². The molecular weight excluding hydrogens is 490 g/mol. The van der Waals surface area contributed by atoms with Crippen LogP contribution in [-0.4, -0.2) is 54.4 Å². The maximum atomic E-state index is 14.2. The van der Waals surface area contributed by atoms with Crippen LogP contribution in [0.25, 0.3) is 0 Å². The molecule has 2 N–H and O–H groups in total. The lowest BCUT2D eigenvalue weighted by molar-refractivity contribution is -0.152. The molecule has 0 bridgehead atoms. The number of hydrogen-bond donors (Lipinski definition) is 2. The quantitative estimate of drug-likeness (QED) is 0.507. The van der Waals surface area contributed by atoms with Gasteiger partial charge in [-0.15, -0.1) is 0 Å². The Labute approximate surface area is 206 Å². The maximum Gasteiger partial charge on any atom is 0.416 e. The lowest BCUT2D eigenvalue weighted by Gasteiger charge is -2.44. The molecule has 4 unspecified atom stereocenters. The Morgan fingerprint density at radius 3 is 2.22 bits per heavy atom. The van der Waals surface area contributed by atoms with Crippen LogP contribution in [0.3, 0.4) is 0 Å². The summed E-state index contributed by atoms with van der Waals surface area (Å²) in [6.07, 6.45) is -7.05. The van der Waals surface area contributed by atoms with Crippen molar-refractivity contribution in [2.24, 2.45) is 11.3 Å². The standard InChI is InChI=1S/C25H32F6N2O3/c1-36-21-11-19(34)4-5-20(21)33(22(35)23(6-7-32-14-23)12-15-2-3-15)13-16-8-17(24(26,27)28)10-18(9-16)25(29,30)31/h8-10,15,19-21,32,34H,2-7,11-14H2,1H3. The van der Waals surface area contributed by atoms with Crippen LogP contribution in [0.5, 0.6) is 0 Å². The van der Waals surface area contributed by atoms with Crippen LogP contribution in [0.1, 0.15) is 61.6 Å². The van der Waals surface area contributed by atoms with E-state index in [0.717, 1.165) is 12.8 Å². The van der Waals surface area contributed by atoms with E-state index in [1.165, 1.54) is 12.0 Å². The summed E-state index contributed by atoms with van der Waals surface area (Å²) in [4.78, 5) is 15.6. The number of aliphatic hydroxyl groups excluding tert-OH is 1. The molecule has 0 spiro atoms. The highest BCUT2D eigenvalue weighted by Crippen LogP contribution is 2.46. The van der Waals surface area contributed by atoms with Crippen molar-refractivity contribution in [1.29, 1.82) is 0 Å². The average molecular weight is 523 g/mol. The van der Waals surface area contributed by atoms with E-state index in [-0.39, 0.29) is 24.0 Å². The first-order valence-electron chi connectivity index (χ1n) is 12.3. The molecule has 1 saturated heterocycles. The van der Waals surface area contributed by atoms with Crippen molar-refractivity contribution in [2.75, 3.05) is 20.2 Å². The van der Waals surface area contributed by atoms with E-state index in [0.29, 0.717) is 56.8 Å². The molecule has 0 aromatic heterocycles. The Kier molecular flexibility index (Phi) is 7.65. The molecule has 202 valence electrons. The summed E-state index contributed by atoms with van der Waals surface area (Å²) in [7, 11) is 1.43. The van der Waals surface area contributed by atoms with Gasteiger partial charge in [0.15, 0.2) is 0 Å². The van der Waals surface area contributed by atoms with E-state index in [9.17, 15) is 36.2 Å². The second kappa shape index (κ2) is 10.1. The van der Waals surface area contributed by atoms with Crippen molar-refractivity contribution in [3.8, 4) is 0 Å². The van der Waals surface area contributed by atoms with Gasteiger partial charge in [0.05, 0.1) is 34.8 Å². The monoisotopic (exact) mass is 522 g/mol. The van der Waals surface area contributed by atoms with Crippen molar-refractivity contribution < 1.29 is 41.0 Å². The van der Waals surface area contributed by atoms with Crippen LogP contribution < -0.4 is 5.32 Å². The minimum Gasteiger partial charge on any atom is -0.393 e. The Hall–Kier alpha value is -1.85. The van der Waals surface area contributed by atoms with Crippen LogP contribution in [-0.2, 0) is 28.4 Å². The van der Waals surface area contributed by atoms with Crippen molar-refractivity contribution in [3.63, 3.8) is 0 Å². The number of amides is 1. The summed E-state index contributed by atoms with van der Waals surface area (Å²) in [6, 6.07) is 0.900. The van der Waals surface area contributed by atoms with Gasteiger partial charge in [0, 0.05) is 26.6 Å². The number of aliphatic hydroxyl groups is 1. The molecule has 3 aliphatic rings. The highest BCUT2D eigenvalue weighted by atomic mass is 19.4. The molecule has 1 aromatic rings. The van der Waals surface area contributed by atoms with Gasteiger partial charge >= 0.3 is 12.4 Å². The van der Waals surface area contributed by atoms with Crippen molar-refractivity contribution in [2.45, 2.75) is 82.1 Å². The van der Waals surface area contributed by atoms with E-state index < -0.39 is 53.7 Å². The number of methoxy groups -OCH3 is 1. The van der Waals surface area contributed by atoms with Gasteiger partial charge in [-0.05, 0) is 61.9 Å². The van der Waals surface area contributed by atoms with Gasteiger partial charge in [-0.2, -0.15) is 26.3 Å². The summed E-state index contributed by atoms with van der Waals surface area (Å²) >= 11 is 0.